The van der Waals surface area contributed by atoms with Gasteiger partial charge in [-0.2, -0.15) is 0 Å². The van der Waals surface area contributed by atoms with Gasteiger partial charge in [-0.3, -0.25) is 14.4 Å². The third-order valence-corrected chi connectivity index (χ3v) is 8.09. The van der Waals surface area contributed by atoms with Gasteiger partial charge in [0.05, 0.1) is 5.56 Å². The Morgan fingerprint density at radius 2 is 1.79 bits per heavy atom. The van der Waals surface area contributed by atoms with Gasteiger partial charge in [0.1, 0.15) is 22.8 Å². The Labute approximate surface area is 225 Å². The molecule has 10 nitrogen and oxygen atoms in total. The van der Waals surface area contributed by atoms with Gasteiger partial charge in [-0.25, -0.2) is 0 Å². The quantitative estimate of drug-likeness (QED) is 0.303. The summed E-state index contributed by atoms with van der Waals surface area (Å²) in [5, 5.41) is 48.2. The molecule has 0 aliphatic heterocycles. The Bertz CT molecular complexity index is 1460. The molecule has 3 atom stereocenters. The highest BCUT2D eigenvalue weighted by atomic mass is 16.3. The zero-order valence-corrected chi connectivity index (χ0v) is 21.7. The van der Waals surface area contributed by atoms with Crippen LogP contribution in [0.25, 0.3) is 5.76 Å². The van der Waals surface area contributed by atoms with Crippen LogP contribution in [0.1, 0.15) is 35.1 Å². The lowest BCUT2D eigenvalue weighted by molar-refractivity contribution is -0.147. The molecular weight excluding hydrogens is 502 g/mol. The molecule has 0 bridgehead atoms. The summed E-state index contributed by atoms with van der Waals surface area (Å²) < 4.78 is 0. The molecule has 2 aromatic rings. The number of ketones is 2. The predicted molar refractivity (Wildman–Crippen MR) is 143 cm³/mol. The van der Waals surface area contributed by atoms with E-state index in [1.165, 1.54) is 0 Å². The Kier molecular flexibility index (Phi) is 6.48. The number of aromatic hydroxyl groups is 1. The lowest BCUT2D eigenvalue weighted by atomic mass is 9.59. The second kappa shape index (κ2) is 9.55. The van der Waals surface area contributed by atoms with Crippen LogP contribution in [-0.4, -0.2) is 57.6 Å². The summed E-state index contributed by atoms with van der Waals surface area (Å²) in [5.41, 5.74) is 4.74. The van der Waals surface area contributed by atoms with E-state index >= 15 is 0 Å². The second-order valence-corrected chi connectivity index (χ2v) is 10.6. The van der Waals surface area contributed by atoms with E-state index < -0.39 is 52.0 Å². The number of nitrogens with one attached hydrogen (secondary N) is 1. The van der Waals surface area contributed by atoms with Gasteiger partial charge in [0.2, 0.25) is 5.78 Å². The highest BCUT2D eigenvalue weighted by Gasteiger charge is 2.60. The van der Waals surface area contributed by atoms with Crippen LogP contribution in [0.5, 0.6) is 5.75 Å². The molecule has 204 valence electrons. The molecule has 0 aromatic heterocycles. The first-order valence-corrected chi connectivity index (χ1v) is 12.7. The van der Waals surface area contributed by atoms with Gasteiger partial charge in [0.15, 0.2) is 11.4 Å². The van der Waals surface area contributed by atoms with Crippen LogP contribution < -0.4 is 16.0 Å². The van der Waals surface area contributed by atoms with Gasteiger partial charge in [0, 0.05) is 56.3 Å². The summed E-state index contributed by atoms with van der Waals surface area (Å²) in [7, 11) is 3.67. The van der Waals surface area contributed by atoms with Crippen LogP contribution in [-0.2, 0) is 33.9 Å². The molecule has 5 rings (SSSR count). The first-order chi connectivity index (χ1) is 18.5. The summed E-state index contributed by atoms with van der Waals surface area (Å²) in [6.07, 6.45) is 0.00387. The van der Waals surface area contributed by atoms with Gasteiger partial charge >= 0.3 is 0 Å². The van der Waals surface area contributed by atoms with Crippen molar-refractivity contribution in [2.75, 3.05) is 19.0 Å². The molecule has 7 N–H and O–H groups in total. The number of amides is 1. The van der Waals surface area contributed by atoms with E-state index in [4.69, 9.17) is 5.73 Å². The van der Waals surface area contributed by atoms with E-state index in [1.54, 1.807) is 0 Å². The van der Waals surface area contributed by atoms with Gasteiger partial charge in [-0.15, -0.1) is 0 Å². The third-order valence-electron chi connectivity index (χ3n) is 8.09. The maximum absolute atomic E-state index is 13.7. The largest absolute Gasteiger partial charge is 0.508 e. The molecule has 1 fully saturated rings. The zero-order chi connectivity index (χ0) is 28.2. The summed E-state index contributed by atoms with van der Waals surface area (Å²) in [5.74, 6) is -6.33. The van der Waals surface area contributed by atoms with Crippen molar-refractivity contribution in [3.8, 4) is 5.75 Å². The zero-order valence-electron chi connectivity index (χ0n) is 21.7. The number of primary amides is 1. The molecule has 39 heavy (non-hydrogen) atoms. The average Bonchev–Trinajstić information content (AvgIpc) is 2.87. The number of nitrogens with two attached hydrogens (primary N) is 1. The number of phenols is 1. The van der Waals surface area contributed by atoms with Crippen LogP contribution in [0, 0.1) is 11.8 Å². The fourth-order valence-electron chi connectivity index (χ4n) is 6.19. The minimum absolute atomic E-state index is 0.0878. The minimum Gasteiger partial charge on any atom is -0.508 e. The molecule has 3 aliphatic rings. The van der Waals surface area contributed by atoms with E-state index in [9.17, 15) is 34.8 Å². The summed E-state index contributed by atoms with van der Waals surface area (Å²) in [6.45, 7) is 0.817. The molecule has 0 heterocycles. The van der Waals surface area contributed by atoms with Gasteiger partial charge < -0.3 is 36.4 Å². The normalized spacial score (nSPS) is 24.3. The number of carbonyl (C=O) groups is 3. The topological polar surface area (TPSA) is 173 Å². The van der Waals surface area contributed by atoms with Crippen molar-refractivity contribution in [3.05, 3.63) is 75.6 Å². The number of hydrogen-bond donors (Lipinski definition) is 6. The van der Waals surface area contributed by atoms with Crippen LogP contribution in [0.2, 0.25) is 0 Å². The number of hydrogen-bond acceptors (Lipinski definition) is 9. The number of aliphatic hydroxyl groups excluding tert-OH is 2. The van der Waals surface area contributed by atoms with Crippen LogP contribution >= 0.6 is 0 Å². The Morgan fingerprint density at radius 3 is 2.44 bits per heavy atom. The van der Waals surface area contributed by atoms with Gasteiger partial charge in [-0.1, -0.05) is 30.3 Å². The van der Waals surface area contributed by atoms with Crippen molar-refractivity contribution < 1.29 is 34.8 Å². The lowest BCUT2D eigenvalue weighted by Gasteiger charge is -2.46. The first-order valence-electron chi connectivity index (χ1n) is 12.7. The van der Waals surface area contributed by atoms with E-state index in [-0.39, 0.29) is 42.7 Å². The number of phenolic OH excluding ortho intramolecular Hbond substituents is 1. The number of anilines is 1. The fraction of sp³-hybridized carbons (Fsp3) is 0.345. The number of rotatable bonds is 6. The molecule has 0 radical (unpaired) electrons. The van der Waals surface area contributed by atoms with E-state index in [0.29, 0.717) is 17.7 Å². The third kappa shape index (κ3) is 4.07. The van der Waals surface area contributed by atoms with E-state index in [0.717, 1.165) is 11.3 Å². The van der Waals surface area contributed by atoms with Gasteiger partial charge in [-0.05, 0) is 36.0 Å². The summed E-state index contributed by atoms with van der Waals surface area (Å²) >= 11 is 0. The molecule has 0 spiro atoms. The van der Waals surface area contributed by atoms with E-state index in [1.807, 2.05) is 55.4 Å². The molecule has 1 saturated carbocycles. The Balaban J connectivity index is 1.59. The van der Waals surface area contributed by atoms with Crippen molar-refractivity contribution in [2.24, 2.45) is 17.6 Å². The maximum atomic E-state index is 13.7. The SMILES string of the molecule is CN(C)c1cc(CNCc2ccccc2)c(O)c2c1CC1C[C@H]3CC(=O)C(C(N)=O)=C(O)[C@@]3(O)C(=O)C1=C2O. The number of aliphatic hydroxyl groups is 3. The van der Waals surface area contributed by atoms with Crippen molar-refractivity contribution in [1.82, 2.24) is 5.32 Å². The fourth-order valence-corrected chi connectivity index (χ4v) is 6.19. The minimum atomic E-state index is -2.58. The molecule has 3 aliphatic carbocycles. The van der Waals surface area contributed by atoms with Gasteiger partial charge in [0.25, 0.3) is 5.91 Å². The Hall–Kier alpha value is -4.15. The van der Waals surface area contributed by atoms with Crippen molar-refractivity contribution >= 4 is 28.9 Å². The molecular formula is C29H31N3O7. The second-order valence-electron chi connectivity index (χ2n) is 10.6. The van der Waals surface area contributed by atoms with Crippen LogP contribution in [0.3, 0.4) is 0 Å². The average molecular weight is 534 g/mol. The van der Waals surface area contributed by atoms with Crippen molar-refractivity contribution in [3.63, 3.8) is 0 Å². The molecule has 0 saturated heterocycles. The number of nitrogens with zero attached hydrogens (tertiary/aromatic N) is 1. The predicted octanol–water partition coefficient (Wildman–Crippen LogP) is 1.78. The van der Waals surface area contributed by atoms with Crippen molar-refractivity contribution in [1.29, 1.82) is 0 Å². The van der Waals surface area contributed by atoms with Crippen LogP contribution in [0.15, 0.2) is 53.3 Å². The molecule has 1 unspecified atom stereocenters. The number of fused-ring (bicyclic) bond motifs is 3. The maximum Gasteiger partial charge on any atom is 0.255 e. The molecule has 1 amide bonds. The molecule has 2 aromatic carbocycles. The number of Topliss-reactive ketones (excluding diaryl/α,β-unsaturated/α-hetero) is 2. The van der Waals surface area contributed by atoms with E-state index in [2.05, 4.69) is 5.32 Å². The Morgan fingerprint density at radius 1 is 1.10 bits per heavy atom. The van der Waals surface area contributed by atoms with Crippen molar-refractivity contribution in [2.45, 2.75) is 38.0 Å². The highest BCUT2D eigenvalue weighted by molar-refractivity contribution is 6.22. The lowest BCUT2D eigenvalue weighted by Crippen LogP contribution is -2.58. The van der Waals surface area contributed by atoms with Crippen LogP contribution in [0.4, 0.5) is 5.69 Å². The standard InChI is InChI=1S/C29H31N3O7/c1-32(2)19-10-16(13-31-12-14-6-4-3-5-7-14)24(34)22-18(19)9-15-8-17-11-20(33)23(28(30)38)27(37)29(17,39)26(36)21(15)25(22)35/h3-7,10,15,17,31,34-35,37,39H,8-9,11-13H2,1-2H3,(H2,30,38)/t15?,17-,29-/m0/s1. The number of benzene rings is 2. The molecule has 10 heteroatoms. The summed E-state index contributed by atoms with van der Waals surface area (Å²) in [6, 6.07) is 11.6. The number of carbonyl (C=O) groups excluding carboxylic acids is 3. The highest BCUT2D eigenvalue weighted by Crippen LogP contribution is 2.53. The summed E-state index contributed by atoms with van der Waals surface area (Å²) in [4.78, 5) is 39.9. The first kappa shape index (κ1) is 26.5. The smallest absolute Gasteiger partial charge is 0.255 e. The monoisotopic (exact) mass is 533 g/mol.